The Balaban J connectivity index is 1.85. The highest BCUT2D eigenvalue weighted by atomic mass is 32.2. The molecule has 1 atom stereocenters. The van der Waals surface area contributed by atoms with Crippen molar-refractivity contribution in [1.29, 1.82) is 0 Å². The zero-order chi connectivity index (χ0) is 6.81. The second-order valence-corrected chi connectivity index (χ2v) is 3.02. The number of nitrogens with zero attached hydrogens (tertiary/aromatic N) is 1. The van der Waals surface area contributed by atoms with Crippen molar-refractivity contribution in [2.24, 2.45) is 0 Å². The normalized spacial score (nSPS) is 35.4. The average Bonchev–Trinajstić information content (AvgIpc) is 2.59. The number of hydrogen-bond acceptors (Lipinski definition) is 6. The standard InChI is InChI=1S/C4H10N5S/c1-6-4(8-7-1)9-2-5-3-10-9/h3-8H,1-2H2. The van der Waals surface area contributed by atoms with Crippen LogP contribution in [0.5, 0.6) is 0 Å². The van der Waals surface area contributed by atoms with E-state index in [2.05, 4.69) is 25.8 Å². The molecule has 0 aromatic carbocycles. The van der Waals surface area contributed by atoms with Gasteiger partial charge < -0.3 is 0 Å². The van der Waals surface area contributed by atoms with Crippen LogP contribution < -0.4 is 21.5 Å². The van der Waals surface area contributed by atoms with E-state index in [1.54, 1.807) is 11.9 Å². The van der Waals surface area contributed by atoms with E-state index in [0.29, 0.717) is 0 Å². The Morgan fingerprint density at radius 1 is 1.60 bits per heavy atom. The van der Waals surface area contributed by atoms with Crippen LogP contribution in [0.1, 0.15) is 0 Å². The SMILES string of the molecule is [CH]1NCN(C2NCNN2)S1. The molecule has 0 saturated carbocycles. The van der Waals surface area contributed by atoms with Gasteiger partial charge in [0.25, 0.3) is 0 Å². The van der Waals surface area contributed by atoms with Crippen LogP contribution in [-0.2, 0) is 0 Å². The molecule has 5 nitrogen and oxygen atoms in total. The molecule has 0 bridgehead atoms. The molecular weight excluding hydrogens is 150 g/mol. The first kappa shape index (κ1) is 6.84. The lowest BCUT2D eigenvalue weighted by Crippen LogP contribution is -2.46. The molecule has 2 heterocycles. The third kappa shape index (κ3) is 1.26. The summed E-state index contributed by atoms with van der Waals surface area (Å²) in [6.07, 6.45) is 0.247. The van der Waals surface area contributed by atoms with Gasteiger partial charge in [0.1, 0.15) is 6.29 Å². The Bertz CT molecular complexity index is 94.2. The molecule has 1 unspecified atom stereocenters. The van der Waals surface area contributed by atoms with Crippen LogP contribution in [0.3, 0.4) is 0 Å². The lowest BCUT2D eigenvalue weighted by atomic mass is 10.8. The molecule has 0 aromatic heterocycles. The van der Waals surface area contributed by atoms with Crippen molar-refractivity contribution in [3.63, 3.8) is 0 Å². The summed E-state index contributed by atoms with van der Waals surface area (Å²) >= 11 is 1.67. The number of rotatable bonds is 1. The molecule has 1 radical (unpaired) electrons. The molecule has 0 aliphatic carbocycles. The fourth-order valence-corrected chi connectivity index (χ4v) is 1.62. The number of hydrazine groups is 1. The molecule has 2 saturated heterocycles. The van der Waals surface area contributed by atoms with Gasteiger partial charge in [-0.2, -0.15) is 0 Å². The van der Waals surface area contributed by atoms with Crippen molar-refractivity contribution in [1.82, 2.24) is 25.8 Å². The monoisotopic (exact) mass is 160 g/mol. The smallest absolute Gasteiger partial charge is 0.138 e. The highest BCUT2D eigenvalue weighted by Gasteiger charge is 2.24. The summed E-state index contributed by atoms with van der Waals surface area (Å²) in [5, 5.41) is 6.33. The van der Waals surface area contributed by atoms with Crippen molar-refractivity contribution in [2.45, 2.75) is 6.29 Å². The first-order valence-electron chi connectivity index (χ1n) is 3.17. The van der Waals surface area contributed by atoms with Crippen LogP contribution in [0.4, 0.5) is 0 Å². The molecular formula is C4H10N5S. The van der Waals surface area contributed by atoms with E-state index in [-0.39, 0.29) is 6.29 Å². The summed E-state index contributed by atoms with van der Waals surface area (Å²) < 4.78 is 2.17. The largest absolute Gasteiger partial charge is 0.289 e. The summed E-state index contributed by atoms with van der Waals surface area (Å²) in [6.45, 7) is 1.71. The Morgan fingerprint density at radius 2 is 2.60 bits per heavy atom. The topological polar surface area (TPSA) is 51.4 Å². The third-order valence-corrected chi connectivity index (χ3v) is 2.31. The maximum absolute atomic E-state index is 3.22. The van der Waals surface area contributed by atoms with E-state index in [1.807, 2.05) is 5.88 Å². The Morgan fingerprint density at radius 3 is 3.20 bits per heavy atom. The third-order valence-electron chi connectivity index (χ3n) is 1.43. The fourth-order valence-electron chi connectivity index (χ4n) is 0.942. The molecule has 10 heavy (non-hydrogen) atoms. The highest BCUT2D eigenvalue weighted by molar-refractivity contribution is 7.99. The maximum Gasteiger partial charge on any atom is 0.138 e. The molecule has 2 rings (SSSR count). The van der Waals surface area contributed by atoms with Gasteiger partial charge in [0.2, 0.25) is 0 Å². The second-order valence-electron chi connectivity index (χ2n) is 2.11. The lowest BCUT2D eigenvalue weighted by Gasteiger charge is -2.19. The summed E-state index contributed by atoms with van der Waals surface area (Å²) in [7, 11) is 0. The Hall–Kier alpha value is 0.150. The van der Waals surface area contributed by atoms with Crippen molar-refractivity contribution in [3.8, 4) is 0 Å². The average molecular weight is 160 g/mol. The van der Waals surface area contributed by atoms with E-state index in [9.17, 15) is 0 Å². The van der Waals surface area contributed by atoms with Gasteiger partial charge in [-0.3, -0.25) is 10.6 Å². The summed E-state index contributed by atoms with van der Waals surface area (Å²) in [4.78, 5) is 0. The van der Waals surface area contributed by atoms with Gasteiger partial charge in [-0.25, -0.2) is 15.2 Å². The minimum Gasteiger partial charge on any atom is -0.289 e. The van der Waals surface area contributed by atoms with Crippen molar-refractivity contribution < 1.29 is 0 Å². The zero-order valence-corrected chi connectivity index (χ0v) is 6.24. The Labute approximate surface area is 64.0 Å². The summed E-state index contributed by atoms with van der Waals surface area (Å²) in [6, 6.07) is 0. The van der Waals surface area contributed by atoms with E-state index in [0.717, 1.165) is 13.3 Å². The van der Waals surface area contributed by atoms with Crippen LogP contribution in [0, 0.1) is 5.88 Å². The van der Waals surface area contributed by atoms with E-state index >= 15 is 0 Å². The lowest BCUT2D eigenvalue weighted by molar-refractivity contribution is 0.298. The Kier molecular flexibility index (Phi) is 2.07. The van der Waals surface area contributed by atoms with Gasteiger partial charge in [-0.05, 0) is 0 Å². The van der Waals surface area contributed by atoms with Crippen molar-refractivity contribution >= 4 is 11.9 Å². The number of hydrogen-bond donors (Lipinski definition) is 4. The van der Waals surface area contributed by atoms with Gasteiger partial charge >= 0.3 is 0 Å². The molecule has 2 aliphatic rings. The molecule has 57 valence electrons. The molecule has 0 aromatic rings. The van der Waals surface area contributed by atoms with Crippen LogP contribution in [0.25, 0.3) is 0 Å². The zero-order valence-electron chi connectivity index (χ0n) is 5.42. The predicted octanol–water partition coefficient (Wildman–Crippen LogP) is -1.44. The highest BCUT2D eigenvalue weighted by Crippen LogP contribution is 2.18. The molecule has 0 spiro atoms. The van der Waals surface area contributed by atoms with Gasteiger partial charge in [-0.1, -0.05) is 11.9 Å². The second kappa shape index (κ2) is 3.04. The molecule has 2 fully saturated rings. The van der Waals surface area contributed by atoms with E-state index in [1.165, 1.54) is 0 Å². The molecule has 0 amide bonds. The quantitative estimate of drug-likeness (QED) is 0.352. The van der Waals surface area contributed by atoms with Gasteiger partial charge in [0.05, 0.1) is 19.2 Å². The summed E-state index contributed by atoms with van der Waals surface area (Å²) in [5.74, 6) is 1.97. The van der Waals surface area contributed by atoms with Crippen LogP contribution >= 0.6 is 11.9 Å². The fraction of sp³-hybridized carbons (Fsp3) is 0.750. The van der Waals surface area contributed by atoms with Gasteiger partial charge in [-0.15, -0.1) is 0 Å². The molecule has 2 aliphatic heterocycles. The van der Waals surface area contributed by atoms with Crippen LogP contribution in [0.2, 0.25) is 0 Å². The molecule has 6 heteroatoms. The van der Waals surface area contributed by atoms with Crippen LogP contribution in [0.15, 0.2) is 0 Å². The van der Waals surface area contributed by atoms with Crippen molar-refractivity contribution in [2.75, 3.05) is 13.3 Å². The van der Waals surface area contributed by atoms with E-state index in [4.69, 9.17) is 0 Å². The maximum atomic E-state index is 3.22. The summed E-state index contributed by atoms with van der Waals surface area (Å²) in [5.41, 5.74) is 6.07. The van der Waals surface area contributed by atoms with Gasteiger partial charge in [0, 0.05) is 0 Å². The predicted molar refractivity (Wildman–Crippen MR) is 39.8 cm³/mol. The minimum absolute atomic E-state index is 0.247. The number of nitrogens with one attached hydrogen (secondary N) is 4. The first-order valence-corrected chi connectivity index (χ1v) is 4.01. The van der Waals surface area contributed by atoms with E-state index < -0.39 is 0 Å². The first-order chi connectivity index (χ1) is 4.97. The van der Waals surface area contributed by atoms with Gasteiger partial charge in [0.15, 0.2) is 0 Å². The molecule has 4 N–H and O–H groups in total. The minimum atomic E-state index is 0.247. The van der Waals surface area contributed by atoms with Crippen LogP contribution in [-0.4, -0.2) is 23.9 Å². The van der Waals surface area contributed by atoms with Crippen molar-refractivity contribution in [3.05, 3.63) is 5.88 Å².